The molecular formula is C15H24N2OS. The van der Waals surface area contributed by atoms with Crippen LogP contribution in [-0.2, 0) is 11.3 Å². The van der Waals surface area contributed by atoms with E-state index in [9.17, 15) is 0 Å². The van der Waals surface area contributed by atoms with Gasteiger partial charge in [-0.2, -0.15) is 0 Å². The molecule has 0 atom stereocenters. The van der Waals surface area contributed by atoms with Crippen LogP contribution < -0.4 is 5.73 Å². The zero-order valence-corrected chi connectivity index (χ0v) is 12.9. The molecule has 4 heteroatoms. The number of nitrogens with two attached hydrogens (primary N) is 1. The summed E-state index contributed by atoms with van der Waals surface area (Å²) in [6.07, 6.45) is 0. The Kier molecular flexibility index (Phi) is 7.76. The lowest BCUT2D eigenvalue weighted by Gasteiger charge is -2.23. The number of nitrogens with zero attached hydrogens (tertiary/aromatic N) is 1. The summed E-state index contributed by atoms with van der Waals surface area (Å²) in [4.78, 5) is 3.78. The molecule has 106 valence electrons. The molecule has 0 saturated carbocycles. The van der Waals surface area contributed by atoms with Gasteiger partial charge in [-0.3, -0.25) is 4.90 Å². The minimum Gasteiger partial charge on any atom is -0.383 e. The summed E-state index contributed by atoms with van der Waals surface area (Å²) in [7, 11) is 1.75. The second kappa shape index (κ2) is 9.11. The lowest BCUT2D eigenvalue weighted by Crippen LogP contribution is -2.30. The van der Waals surface area contributed by atoms with Gasteiger partial charge in [-0.1, -0.05) is 25.7 Å². The molecule has 1 heterocycles. The van der Waals surface area contributed by atoms with E-state index < -0.39 is 0 Å². The SMILES string of the molecule is COCCN(Cc1cc(C#CCN)cs1)CC(C)C. The van der Waals surface area contributed by atoms with Crippen molar-refractivity contribution in [3.8, 4) is 11.8 Å². The largest absolute Gasteiger partial charge is 0.383 e. The van der Waals surface area contributed by atoms with Crippen LogP contribution in [0.25, 0.3) is 0 Å². The van der Waals surface area contributed by atoms with Gasteiger partial charge < -0.3 is 10.5 Å². The fourth-order valence-corrected chi connectivity index (χ4v) is 2.73. The van der Waals surface area contributed by atoms with Gasteiger partial charge in [0.1, 0.15) is 0 Å². The van der Waals surface area contributed by atoms with Crippen LogP contribution in [0.15, 0.2) is 11.4 Å². The Hall–Kier alpha value is -0.860. The van der Waals surface area contributed by atoms with Gasteiger partial charge in [0, 0.05) is 42.6 Å². The van der Waals surface area contributed by atoms with Crippen LogP contribution in [0.2, 0.25) is 0 Å². The number of hydrogen-bond donors (Lipinski definition) is 1. The van der Waals surface area contributed by atoms with Gasteiger partial charge in [0.05, 0.1) is 13.2 Å². The summed E-state index contributed by atoms with van der Waals surface area (Å²) in [5.41, 5.74) is 6.45. The first kappa shape index (κ1) is 16.2. The van der Waals surface area contributed by atoms with Crippen molar-refractivity contribution in [3.05, 3.63) is 21.9 Å². The van der Waals surface area contributed by atoms with Gasteiger partial charge in [-0.25, -0.2) is 0 Å². The quantitative estimate of drug-likeness (QED) is 0.778. The Labute approximate surface area is 120 Å². The highest BCUT2D eigenvalue weighted by molar-refractivity contribution is 7.10. The minimum absolute atomic E-state index is 0.415. The lowest BCUT2D eigenvalue weighted by molar-refractivity contribution is 0.136. The van der Waals surface area contributed by atoms with Gasteiger partial charge in [0.25, 0.3) is 0 Å². The first-order valence-electron chi connectivity index (χ1n) is 6.63. The van der Waals surface area contributed by atoms with E-state index in [0.717, 1.165) is 31.8 Å². The molecule has 2 N–H and O–H groups in total. The first-order chi connectivity index (χ1) is 9.15. The van der Waals surface area contributed by atoms with Crippen molar-refractivity contribution in [1.29, 1.82) is 0 Å². The zero-order chi connectivity index (χ0) is 14.1. The van der Waals surface area contributed by atoms with Crippen LogP contribution in [-0.4, -0.2) is 38.3 Å². The zero-order valence-electron chi connectivity index (χ0n) is 12.1. The molecule has 1 aromatic heterocycles. The average Bonchev–Trinajstić information content (AvgIpc) is 2.80. The topological polar surface area (TPSA) is 38.5 Å². The average molecular weight is 280 g/mol. The first-order valence-corrected chi connectivity index (χ1v) is 7.51. The van der Waals surface area contributed by atoms with Crippen LogP contribution in [0.4, 0.5) is 0 Å². The molecule has 0 fully saturated rings. The highest BCUT2D eigenvalue weighted by Gasteiger charge is 2.09. The van der Waals surface area contributed by atoms with E-state index in [1.54, 1.807) is 18.4 Å². The maximum Gasteiger partial charge on any atom is 0.0589 e. The van der Waals surface area contributed by atoms with Crippen LogP contribution in [0.5, 0.6) is 0 Å². The second-order valence-electron chi connectivity index (χ2n) is 4.93. The maximum absolute atomic E-state index is 5.38. The van der Waals surface area contributed by atoms with Crippen LogP contribution in [0.3, 0.4) is 0 Å². The molecule has 0 bridgehead atoms. The molecule has 0 amide bonds. The Bertz CT molecular complexity index is 417. The molecule has 0 saturated heterocycles. The number of ether oxygens (including phenoxy) is 1. The summed E-state index contributed by atoms with van der Waals surface area (Å²) in [5, 5.41) is 2.10. The normalized spacial score (nSPS) is 10.8. The molecule has 1 aromatic rings. The molecule has 0 aliphatic rings. The van der Waals surface area contributed by atoms with Crippen molar-refractivity contribution < 1.29 is 4.74 Å². The molecular weight excluding hydrogens is 256 g/mol. The fourth-order valence-electron chi connectivity index (χ4n) is 1.87. The number of methoxy groups -OCH3 is 1. The lowest BCUT2D eigenvalue weighted by atomic mass is 10.2. The Balaban J connectivity index is 2.59. The third-order valence-corrected chi connectivity index (χ3v) is 3.52. The van der Waals surface area contributed by atoms with E-state index in [1.165, 1.54) is 4.88 Å². The second-order valence-corrected chi connectivity index (χ2v) is 5.93. The molecule has 0 unspecified atom stereocenters. The monoisotopic (exact) mass is 280 g/mol. The summed E-state index contributed by atoms with van der Waals surface area (Å²) in [6, 6.07) is 2.16. The van der Waals surface area contributed by atoms with E-state index in [4.69, 9.17) is 10.5 Å². The Morgan fingerprint density at radius 1 is 1.47 bits per heavy atom. The Morgan fingerprint density at radius 3 is 2.89 bits per heavy atom. The molecule has 3 nitrogen and oxygen atoms in total. The van der Waals surface area contributed by atoms with Gasteiger partial charge in [-0.15, -0.1) is 11.3 Å². The molecule has 0 aromatic carbocycles. The van der Waals surface area contributed by atoms with E-state index in [-0.39, 0.29) is 0 Å². The predicted molar refractivity (Wildman–Crippen MR) is 82.2 cm³/mol. The van der Waals surface area contributed by atoms with Gasteiger partial charge in [0.2, 0.25) is 0 Å². The predicted octanol–water partition coefficient (Wildman–Crippen LogP) is 2.16. The van der Waals surface area contributed by atoms with Gasteiger partial charge in [0.15, 0.2) is 0 Å². The molecule has 0 radical (unpaired) electrons. The third-order valence-electron chi connectivity index (χ3n) is 2.60. The van der Waals surface area contributed by atoms with Crippen LogP contribution >= 0.6 is 11.3 Å². The van der Waals surface area contributed by atoms with Crippen molar-refractivity contribution in [2.24, 2.45) is 11.7 Å². The molecule has 0 aliphatic heterocycles. The summed E-state index contributed by atoms with van der Waals surface area (Å²) < 4.78 is 5.18. The van der Waals surface area contributed by atoms with Crippen molar-refractivity contribution in [1.82, 2.24) is 4.90 Å². The van der Waals surface area contributed by atoms with Crippen molar-refractivity contribution in [3.63, 3.8) is 0 Å². The van der Waals surface area contributed by atoms with Gasteiger partial charge >= 0.3 is 0 Å². The summed E-state index contributed by atoms with van der Waals surface area (Å²) >= 11 is 1.76. The highest BCUT2D eigenvalue weighted by atomic mass is 32.1. The van der Waals surface area contributed by atoms with E-state index in [2.05, 4.69) is 42.0 Å². The molecule has 19 heavy (non-hydrogen) atoms. The van der Waals surface area contributed by atoms with Crippen molar-refractivity contribution >= 4 is 11.3 Å². The third kappa shape index (κ3) is 6.74. The van der Waals surface area contributed by atoms with E-state index >= 15 is 0 Å². The maximum atomic E-state index is 5.38. The standard InChI is InChI=1S/C15H24N2OS/c1-13(2)10-17(7-8-18-3)11-15-9-14(12-19-15)5-4-6-16/h9,12-13H,6-8,10-11,16H2,1-3H3. The summed E-state index contributed by atoms with van der Waals surface area (Å²) in [5.74, 6) is 6.62. The molecule has 0 spiro atoms. The smallest absolute Gasteiger partial charge is 0.0589 e. The van der Waals surface area contributed by atoms with E-state index in [1.807, 2.05) is 0 Å². The molecule has 0 aliphatic carbocycles. The Morgan fingerprint density at radius 2 is 2.26 bits per heavy atom. The van der Waals surface area contributed by atoms with Crippen molar-refractivity contribution in [2.75, 3.05) is 33.4 Å². The van der Waals surface area contributed by atoms with Crippen molar-refractivity contribution in [2.45, 2.75) is 20.4 Å². The number of rotatable bonds is 7. The summed E-state index contributed by atoms with van der Waals surface area (Å²) in [6.45, 7) is 8.70. The van der Waals surface area contributed by atoms with Crippen LogP contribution in [0, 0.1) is 17.8 Å². The highest BCUT2D eigenvalue weighted by Crippen LogP contribution is 2.16. The minimum atomic E-state index is 0.415. The van der Waals surface area contributed by atoms with Gasteiger partial charge in [-0.05, 0) is 12.0 Å². The van der Waals surface area contributed by atoms with Crippen LogP contribution in [0.1, 0.15) is 24.3 Å². The molecule has 1 rings (SSSR count). The van der Waals surface area contributed by atoms with E-state index in [0.29, 0.717) is 12.5 Å². The number of hydrogen-bond acceptors (Lipinski definition) is 4. The number of thiophene rings is 1. The fraction of sp³-hybridized carbons (Fsp3) is 0.600.